The zero-order valence-electron chi connectivity index (χ0n) is 17.8. The molecule has 0 aliphatic rings. The summed E-state index contributed by atoms with van der Waals surface area (Å²) in [5.74, 6) is -4.82. The number of anilines is 1. The summed E-state index contributed by atoms with van der Waals surface area (Å²) < 4.78 is 0. The molecule has 0 heterocycles. The molecule has 1 rings (SSSR count). The van der Waals surface area contributed by atoms with Crippen molar-refractivity contribution in [1.29, 1.82) is 0 Å². The molecule has 0 unspecified atom stereocenters. The van der Waals surface area contributed by atoms with E-state index in [1.54, 1.807) is 5.48 Å². The number of hydrogen-bond donors (Lipinski definition) is 7. The normalized spacial score (nSPS) is 12.2. The van der Waals surface area contributed by atoms with E-state index in [2.05, 4.69) is 10.6 Å². The molecular weight excluding hydrogens is 496 g/mol. The summed E-state index contributed by atoms with van der Waals surface area (Å²) in [4.78, 5) is 66.5. The highest BCUT2D eigenvalue weighted by atomic mass is 32.2. The van der Waals surface area contributed by atoms with Gasteiger partial charge in [0.25, 0.3) is 11.4 Å². The zero-order valence-corrected chi connectivity index (χ0v) is 18.6. The minimum absolute atomic E-state index is 0.142. The molecule has 0 bridgehead atoms. The van der Waals surface area contributed by atoms with Crippen LogP contribution < -0.4 is 21.8 Å². The smallest absolute Gasteiger partial charge is 0.322 e. The largest absolute Gasteiger partial charge is 0.480 e. The molecular formula is C17H22N6O11S. The molecule has 0 aromatic heterocycles. The van der Waals surface area contributed by atoms with E-state index in [0.717, 1.165) is 17.8 Å². The zero-order chi connectivity index (χ0) is 26.7. The Hall–Kier alpha value is -4.03. The highest BCUT2D eigenvalue weighted by Gasteiger charge is 2.26. The second-order valence-corrected chi connectivity index (χ2v) is 7.88. The predicted octanol–water partition coefficient (Wildman–Crippen LogP) is -0.585. The topological polar surface area (TPSA) is 277 Å². The summed E-state index contributed by atoms with van der Waals surface area (Å²) >= 11 is 0.856. The third-order valence-corrected chi connectivity index (χ3v) is 5.40. The lowest BCUT2D eigenvalue weighted by Crippen LogP contribution is -2.49. The third-order valence-electron chi connectivity index (χ3n) is 4.34. The van der Waals surface area contributed by atoms with Crippen molar-refractivity contribution in [1.82, 2.24) is 10.6 Å². The Morgan fingerprint density at radius 3 is 2.29 bits per heavy atom. The lowest BCUT2D eigenvalue weighted by Gasteiger charge is -2.18. The number of nitrogens with one attached hydrogen (secondary N) is 3. The maximum absolute atomic E-state index is 12.3. The van der Waals surface area contributed by atoms with Crippen molar-refractivity contribution >= 4 is 52.6 Å². The van der Waals surface area contributed by atoms with E-state index in [1.165, 1.54) is 0 Å². The number of nitrogens with zero attached hydrogens (tertiary/aromatic N) is 2. The predicted molar refractivity (Wildman–Crippen MR) is 119 cm³/mol. The van der Waals surface area contributed by atoms with Crippen LogP contribution in [-0.4, -0.2) is 73.4 Å². The van der Waals surface area contributed by atoms with Crippen molar-refractivity contribution in [2.24, 2.45) is 5.73 Å². The van der Waals surface area contributed by atoms with Gasteiger partial charge in [0.15, 0.2) is 0 Å². The van der Waals surface area contributed by atoms with Gasteiger partial charge in [0.05, 0.1) is 27.2 Å². The van der Waals surface area contributed by atoms with Crippen molar-refractivity contribution in [3.8, 4) is 0 Å². The van der Waals surface area contributed by atoms with Gasteiger partial charge in [-0.15, -0.1) is 0 Å². The van der Waals surface area contributed by atoms with Crippen LogP contribution in [0.1, 0.15) is 18.4 Å². The lowest BCUT2D eigenvalue weighted by atomic mass is 10.1. The molecule has 1 aromatic carbocycles. The van der Waals surface area contributed by atoms with Gasteiger partial charge in [0.2, 0.25) is 11.8 Å². The van der Waals surface area contributed by atoms with Gasteiger partial charge in [-0.3, -0.25) is 50.1 Å². The van der Waals surface area contributed by atoms with Gasteiger partial charge in [-0.05, 0) is 6.42 Å². The van der Waals surface area contributed by atoms with Crippen LogP contribution in [0.3, 0.4) is 0 Å². The molecule has 8 N–H and O–H groups in total. The van der Waals surface area contributed by atoms with E-state index >= 15 is 0 Å². The average Bonchev–Trinajstić information content (AvgIpc) is 2.79. The third kappa shape index (κ3) is 9.39. The monoisotopic (exact) mass is 518 g/mol. The molecule has 0 aliphatic carbocycles. The Bertz CT molecular complexity index is 1000. The van der Waals surface area contributed by atoms with Crippen molar-refractivity contribution in [3.63, 3.8) is 0 Å². The molecule has 18 heteroatoms. The number of non-ortho nitro benzene ring substituents is 1. The molecule has 0 aliphatic heterocycles. The number of aliphatic carboxylic acids is 2. The van der Waals surface area contributed by atoms with Crippen LogP contribution in [0.5, 0.6) is 0 Å². The van der Waals surface area contributed by atoms with Crippen molar-refractivity contribution in [2.75, 3.05) is 17.8 Å². The van der Waals surface area contributed by atoms with Gasteiger partial charge in [0.1, 0.15) is 18.6 Å². The Morgan fingerprint density at radius 2 is 1.77 bits per heavy atom. The van der Waals surface area contributed by atoms with Crippen LogP contribution in [0, 0.1) is 20.2 Å². The second-order valence-electron chi connectivity index (χ2n) is 6.85. The summed E-state index contributed by atoms with van der Waals surface area (Å²) in [7, 11) is 0. The number of nitro groups is 2. The number of carboxylic acids is 2. The number of carbonyl (C=O) groups excluding carboxylic acids is 2. The molecule has 0 saturated heterocycles. The number of amides is 2. The molecule has 0 fully saturated rings. The number of benzene rings is 1. The number of hydrogen-bond acceptors (Lipinski definition) is 12. The Kier molecular flexibility index (Phi) is 11.3. The summed E-state index contributed by atoms with van der Waals surface area (Å²) in [6.45, 7) is -0.758. The molecule has 35 heavy (non-hydrogen) atoms. The first-order valence-corrected chi connectivity index (χ1v) is 10.7. The van der Waals surface area contributed by atoms with E-state index in [1.807, 2.05) is 0 Å². The van der Waals surface area contributed by atoms with Crippen LogP contribution >= 0.6 is 11.8 Å². The highest BCUT2D eigenvalue weighted by Crippen LogP contribution is 2.34. The second kappa shape index (κ2) is 13.6. The maximum atomic E-state index is 12.3. The van der Waals surface area contributed by atoms with Gasteiger partial charge in [0, 0.05) is 24.0 Å². The Labute approximate surface area is 200 Å². The van der Waals surface area contributed by atoms with E-state index in [9.17, 15) is 44.6 Å². The SMILES string of the molecule is N[C@@H](CCC(=O)N[C@@H](CSCc1c(NO)cc([N+](=O)[O-])cc1[N+](=O)[O-])C(=O)NCC(=O)O)C(=O)O. The summed E-state index contributed by atoms with van der Waals surface area (Å²) in [5.41, 5.74) is 5.18. The van der Waals surface area contributed by atoms with Gasteiger partial charge >= 0.3 is 11.9 Å². The standard InChI is InChI=1S/C17H22N6O11S/c18-10(17(28)29)1-2-14(24)20-12(16(27)19-5-15(25)26)7-35-6-9-11(21-30)3-8(22(31)32)4-13(9)23(33)34/h3-4,10,12,21,30H,1-2,5-7,18H2,(H,19,27)(H,20,24)(H,25,26)(H,28,29)/t10-,12-/m0/s1. The number of carboxylic acid groups (broad SMARTS) is 2. The van der Waals surface area contributed by atoms with Crippen LogP contribution in [0.15, 0.2) is 12.1 Å². The molecule has 0 saturated carbocycles. The van der Waals surface area contributed by atoms with Crippen LogP contribution in [0.4, 0.5) is 17.1 Å². The number of thioether (sulfide) groups is 1. The first kappa shape index (κ1) is 29.0. The van der Waals surface area contributed by atoms with Gasteiger partial charge < -0.3 is 26.6 Å². The van der Waals surface area contributed by atoms with Crippen molar-refractivity contribution in [3.05, 3.63) is 37.9 Å². The number of nitro benzene ring substituents is 2. The molecule has 1 aromatic rings. The van der Waals surface area contributed by atoms with E-state index in [4.69, 9.17) is 15.9 Å². The first-order chi connectivity index (χ1) is 16.4. The first-order valence-electron chi connectivity index (χ1n) is 9.58. The number of carbonyl (C=O) groups is 4. The Balaban J connectivity index is 3.00. The van der Waals surface area contributed by atoms with Crippen LogP contribution in [0.2, 0.25) is 0 Å². The lowest BCUT2D eigenvalue weighted by molar-refractivity contribution is -0.394. The van der Waals surface area contributed by atoms with Crippen LogP contribution in [0.25, 0.3) is 0 Å². The fraction of sp³-hybridized carbons (Fsp3) is 0.412. The van der Waals surface area contributed by atoms with E-state index in [0.29, 0.717) is 6.07 Å². The van der Waals surface area contributed by atoms with Crippen LogP contribution in [-0.2, 0) is 24.9 Å². The molecule has 2 amide bonds. The molecule has 17 nitrogen and oxygen atoms in total. The van der Waals surface area contributed by atoms with Gasteiger partial charge in [-0.2, -0.15) is 11.8 Å². The highest BCUT2D eigenvalue weighted by molar-refractivity contribution is 7.98. The molecule has 192 valence electrons. The Morgan fingerprint density at radius 1 is 1.11 bits per heavy atom. The molecule has 0 spiro atoms. The maximum Gasteiger partial charge on any atom is 0.322 e. The minimum Gasteiger partial charge on any atom is -0.480 e. The van der Waals surface area contributed by atoms with Crippen molar-refractivity contribution in [2.45, 2.75) is 30.7 Å². The van der Waals surface area contributed by atoms with Crippen molar-refractivity contribution < 1.29 is 44.4 Å². The number of nitrogens with two attached hydrogens (primary N) is 1. The minimum atomic E-state index is -1.36. The summed E-state index contributed by atoms with van der Waals surface area (Å²) in [5, 5.41) is 53.5. The van der Waals surface area contributed by atoms with E-state index in [-0.39, 0.29) is 35.6 Å². The fourth-order valence-electron chi connectivity index (χ4n) is 2.59. The van der Waals surface area contributed by atoms with Gasteiger partial charge in [-0.1, -0.05) is 0 Å². The summed E-state index contributed by atoms with van der Waals surface area (Å²) in [6, 6.07) is -1.08. The molecule has 2 atom stereocenters. The quantitative estimate of drug-likeness (QED) is 0.113. The van der Waals surface area contributed by atoms with Gasteiger partial charge in [-0.25, -0.2) is 0 Å². The average molecular weight is 518 g/mol. The fourth-order valence-corrected chi connectivity index (χ4v) is 3.68. The molecule has 0 radical (unpaired) electrons. The number of rotatable bonds is 15. The summed E-state index contributed by atoms with van der Waals surface area (Å²) in [6.07, 6.45) is -0.592. The van der Waals surface area contributed by atoms with E-state index < -0.39 is 63.6 Å².